The molecule has 0 saturated carbocycles. The van der Waals surface area contributed by atoms with Gasteiger partial charge in [0.05, 0.1) is 11.4 Å². The molecule has 0 aliphatic heterocycles. The second-order valence-corrected chi connectivity index (χ2v) is 27.9. The monoisotopic (exact) mass is 1420 g/mol. The van der Waals surface area contributed by atoms with Crippen LogP contribution < -0.4 is 15.1 Å². The lowest BCUT2D eigenvalue weighted by molar-refractivity contribution is 0.582. The Hall–Kier alpha value is -11.2. The van der Waals surface area contributed by atoms with E-state index in [1.54, 1.807) is 0 Å². The number of fused-ring (bicyclic) bond motifs is 9. The topological polar surface area (TPSA) is 18.5 Å². The van der Waals surface area contributed by atoms with E-state index >= 15 is 0 Å². The number of nitrogens with one attached hydrogen (secondary N) is 1. The molecular weight excluding hydrogens is 1350 g/mol. The lowest BCUT2D eigenvalue weighted by Gasteiger charge is -2.32. The Labute approximate surface area is 603 Å². The third-order valence-corrected chi connectivity index (χ3v) is 20.9. The Morgan fingerprint density at radius 2 is 0.670 bits per heavy atom. The fraction of sp³-hybridized carbons (Fsp3) is 0.0638. The van der Waals surface area contributed by atoms with E-state index in [2.05, 4.69) is 395 Å². The Morgan fingerprint density at radius 1 is 0.330 bits per heavy atom. The number of hydrogen-bond acceptors (Lipinski definition) is 3. The summed E-state index contributed by atoms with van der Waals surface area (Å²) in [5.41, 5.74) is 24.3. The van der Waals surface area contributed by atoms with Crippen LogP contribution in [0.15, 0.2) is 362 Å². The number of rotatable bonds is 14. The molecule has 0 unspecified atom stereocenters. The van der Waals surface area contributed by atoms with E-state index in [1.807, 2.05) is 30.4 Å². The molecule has 0 spiro atoms. The van der Waals surface area contributed by atoms with Gasteiger partial charge in [-0.1, -0.05) is 308 Å². The van der Waals surface area contributed by atoms with Crippen molar-refractivity contribution >= 4 is 122 Å². The highest BCUT2D eigenvalue weighted by atomic mass is 79.9. The summed E-state index contributed by atoms with van der Waals surface area (Å²) in [5, 5.41) is 10.8. The van der Waals surface area contributed by atoms with Crippen molar-refractivity contribution in [2.75, 3.05) is 15.1 Å². The first-order valence-electron chi connectivity index (χ1n) is 33.8. The quantitative estimate of drug-likeness (QED) is 0.117. The van der Waals surface area contributed by atoms with Crippen LogP contribution in [0.4, 0.5) is 50.2 Å². The lowest BCUT2D eigenvalue weighted by Crippen LogP contribution is -2.25. The second-order valence-electron chi connectivity index (χ2n) is 26.1. The van der Waals surface area contributed by atoms with Crippen molar-refractivity contribution in [2.45, 2.75) is 37.5 Å². The van der Waals surface area contributed by atoms with Crippen molar-refractivity contribution in [3.63, 3.8) is 0 Å². The normalized spacial score (nSPS) is 12.4. The number of nitrogens with zero attached hydrogens (tertiary/aromatic N) is 2. The summed E-state index contributed by atoms with van der Waals surface area (Å²) in [4.78, 5) is 4.85. The Bertz CT molecular complexity index is 5220. The van der Waals surface area contributed by atoms with E-state index in [-0.39, 0.29) is 15.5 Å². The van der Waals surface area contributed by atoms with Crippen LogP contribution in [-0.4, -0.2) is 0 Å². The molecule has 0 saturated heterocycles. The minimum absolute atomic E-state index is 0. The Kier molecular flexibility index (Phi) is 19.0. The van der Waals surface area contributed by atoms with E-state index in [0.717, 1.165) is 78.4 Å². The van der Waals surface area contributed by atoms with Gasteiger partial charge in [0, 0.05) is 70.1 Å². The maximum atomic E-state index is 4.02. The van der Waals surface area contributed by atoms with Crippen molar-refractivity contribution in [3.05, 3.63) is 406 Å². The maximum Gasteiger partial charge on any atom is 0.0540 e. The van der Waals surface area contributed by atoms with Crippen LogP contribution in [0.3, 0.4) is 0 Å². The van der Waals surface area contributed by atoms with Crippen molar-refractivity contribution in [2.24, 2.45) is 0 Å². The molecule has 0 amide bonds. The Balaban J connectivity index is 0.000000161. The molecule has 0 atom stereocenters. The molecule has 486 valence electrons. The summed E-state index contributed by atoms with van der Waals surface area (Å²) in [6.45, 7) is 12.7. The molecule has 17 rings (SSSR count). The maximum absolute atomic E-state index is 4.02. The molecule has 1 N–H and O–H groups in total. The molecule has 0 aromatic heterocycles. The highest BCUT2D eigenvalue weighted by Crippen LogP contribution is 2.56. The van der Waals surface area contributed by atoms with Crippen molar-refractivity contribution in [1.29, 1.82) is 0 Å². The van der Waals surface area contributed by atoms with Crippen LogP contribution in [0.1, 0.15) is 58.4 Å². The van der Waals surface area contributed by atoms with Gasteiger partial charge >= 0.3 is 0 Å². The first kappa shape index (κ1) is 66.1. The van der Waals surface area contributed by atoms with Gasteiger partial charge < -0.3 is 15.1 Å². The summed E-state index contributed by atoms with van der Waals surface area (Å²) >= 11 is 7.32. The number of benzene rings is 15. The molecule has 15 aromatic rings. The van der Waals surface area contributed by atoms with E-state index < -0.39 is 0 Å². The largest absolute Gasteiger partial charge is 0.355 e. The molecule has 0 fully saturated rings. The van der Waals surface area contributed by atoms with Gasteiger partial charge in [0.25, 0.3) is 0 Å². The third kappa shape index (κ3) is 13.0. The summed E-state index contributed by atoms with van der Waals surface area (Å²) in [6.07, 6.45) is 5.62. The van der Waals surface area contributed by atoms with Crippen LogP contribution in [0.25, 0.3) is 66.7 Å². The first-order chi connectivity index (χ1) is 48.5. The van der Waals surface area contributed by atoms with Crippen LogP contribution in [0.2, 0.25) is 0 Å². The summed E-state index contributed by atoms with van der Waals surface area (Å²) < 4.78 is 2.26. The third-order valence-electron chi connectivity index (χ3n) is 19.9. The van der Waals surface area contributed by atoms with Gasteiger partial charge in [-0.05, 0) is 199 Å². The van der Waals surface area contributed by atoms with Crippen LogP contribution in [-0.2, 0) is 23.7 Å². The highest BCUT2D eigenvalue weighted by molar-refractivity contribution is 9.10. The highest BCUT2D eigenvalue weighted by Gasteiger charge is 2.42. The minimum Gasteiger partial charge on any atom is -0.355 e. The van der Waals surface area contributed by atoms with Gasteiger partial charge in [-0.25, -0.2) is 0 Å². The van der Waals surface area contributed by atoms with Crippen LogP contribution in [0, 0.1) is 0 Å². The zero-order chi connectivity index (χ0) is 67.5. The molecule has 15 aromatic carbocycles. The molecule has 0 radical (unpaired) electrons. The lowest BCUT2D eigenvalue weighted by atomic mass is 9.75. The molecule has 2 aliphatic rings. The van der Waals surface area contributed by atoms with Crippen molar-refractivity contribution in [3.8, 4) is 22.3 Å². The molecular formula is C94H74Br2FN3. The van der Waals surface area contributed by atoms with Gasteiger partial charge in [0.1, 0.15) is 0 Å². The summed E-state index contributed by atoms with van der Waals surface area (Å²) in [7, 11) is 0. The predicted molar refractivity (Wildman–Crippen MR) is 433 cm³/mol. The summed E-state index contributed by atoms with van der Waals surface area (Å²) in [5.74, 6) is 0. The molecule has 0 heterocycles. The second kappa shape index (κ2) is 28.7. The Morgan fingerprint density at radius 3 is 1.09 bits per heavy atom. The fourth-order valence-electron chi connectivity index (χ4n) is 15.0. The van der Waals surface area contributed by atoms with Gasteiger partial charge in [0.2, 0.25) is 0 Å². The average molecular weight is 1420 g/mol. The zero-order valence-corrected chi connectivity index (χ0v) is 59.0. The van der Waals surface area contributed by atoms with Crippen LogP contribution in [0.5, 0.6) is 0 Å². The number of anilines is 8. The van der Waals surface area contributed by atoms with Crippen molar-refractivity contribution in [1.82, 2.24) is 0 Å². The number of hydrogen-bond donors (Lipinski definition) is 1. The SMILES string of the molecule is C=Cc1ccc(CC2(C)c3cc(Br)ccc3-c3ccc(Br)cc32)cc1.C=Cc1ccc(CC2(C)c3cc(N(c4ccccc4)c4cccc5ccccc45)ccc3-c3ccc(N(c4ccccc4)c4cccc5ccccc45)cc32)cc1.F.c1ccc(Nc2cccc3ccccc23)cc1. The zero-order valence-electron chi connectivity index (χ0n) is 55.9. The smallest absolute Gasteiger partial charge is 0.0540 e. The molecule has 2 aliphatic carbocycles. The van der Waals surface area contributed by atoms with E-state index in [4.69, 9.17) is 0 Å². The molecule has 100 heavy (non-hydrogen) atoms. The van der Waals surface area contributed by atoms with Crippen LogP contribution >= 0.6 is 31.9 Å². The number of para-hydroxylation sites is 3. The predicted octanol–water partition coefficient (Wildman–Crippen LogP) is 27.2. The van der Waals surface area contributed by atoms with Gasteiger partial charge in [0.15, 0.2) is 0 Å². The van der Waals surface area contributed by atoms with E-state index in [0.29, 0.717) is 0 Å². The standard InChI is InChI=1S/C55H42N2.C23H18Br2.C16H13N.FH/c1-3-39-28-30-40(31-29-39)38-55(2)51-36-45(56(43-20-6-4-7-21-43)53-26-14-18-41-16-10-12-24-47(41)53)32-34-49(51)50-35-33-46(37-52(50)55)57(44-22-8-5-9-23-44)54-27-15-19-42-17-11-13-25-48(42)54;1-3-15-4-6-16(7-5-15)14-23(2)21-12-17(24)8-10-19(21)20-11-9-18(25)13-22(20)23;1-2-9-14(10-3-1)17-16-12-6-8-13-7-4-5-11-15(13)16;/h3-37H,1,38H2,2H3;3-13H,1,14H2,2H3;1-12,17H;1H. The van der Waals surface area contributed by atoms with Gasteiger partial charge in [-0.3, -0.25) is 4.70 Å². The minimum atomic E-state index is -0.339. The van der Waals surface area contributed by atoms with Gasteiger partial charge in [-0.2, -0.15) is 0 Å². The molecule has 3 nitrogen and oxygen atoms in total. The fourth-order valence-corrected chi connectivity index (χ4v) is 15.7. The van der Waals surface area contributed by atoms with E-state index in [9.17, 15) is 0 Å². The van der Waals surface area contributed by atoms with E-state index in [1.165, 1.54) is 88.0 Å². The van der Waals surface area contributed by atoms with Gasteiger partial charge in [-0.15, -0.1) is 0 Å². The first-order valence-corrected chi connectivity index (χ1v) is 35.4. The number of halogens is 3. The summed E-state index contributed by atoms with van der Waals surface area (Å²) in [6, 6.07) is 122. The molecule has 0 bridgehead atoms. The molecule has 6 heteroatoms. The average Bonchev–Trinajstić information content (AvgIpc) is 1.56. The van der Waals surface area contributed by atoms with Crippen molar-refractivity contribution < 1.29 is 4.70 Å².